The molecule has 2 aromatic carbocycles. The first-order valence-electron chi connectivity index (χ1n) is 9.59. The van der Waals surface area contributed by atoms with Crippen LogP contribution in [-0.4, -0.2) is 77.6 Å². The lowest BCUT2D eigenvalue weighted by Gasteiger charge is -2.23. The lowest BCUT2D eigenvalue weighted by atomic mass is 10.3. The van der Waals surface area contributed by atoms with Gasteiger partial charge in [-0.05, 0) is 48.5 Å². The van der Waals surface area contributed by atoms with E-state index in [4.69, 9.17) is 9.47 Å². The van der Waals surface area contributed by atoms with Gasteiger partial charge in [-0.3, -0.25) is 0 Å². The Bertz CT molecular complexity index is 687. The third-order valence-corrected chi connectivity index (χ3v) is 4.02. The molecule has 0 saturated carbocycles. The van der Waals surface area contributed by atoms with Crippen LogP contribution in [0.3, 0.4) is 0 Å². The van der Waals surface area contributed by atoms with Gasteiger partial charge in [-0.1, -0.05) is 0 Å². The van der Waals surface area contributed by atoms with Crippen LogP contribution in [0.1, 0.15) is 0 Å². The number of hydrogen-bond donors (Lipinski definition) is 0. The second-order valence-corrected chi connectivity index (χ2v) is 8.91. The average Bonchev–Trinajstić information content (AvgIpc) is 2.60. The fraction of sp³-hybridized carbons (Fsp3) is 0.455. The van der Waals surface area contributed by atoms with E-state index >= 15 is 0 Å². The first kappa shape index (κ1) is 28.5. The normalized spacial score (nSPS) is 11.5. The van der Waals surface area contributed by atoms with Crippen LogP contribution in [0, 0.1) is 0 Å². The Morgan fingerprint density at radius 2 is 0.867 bits per heavy atom. The van der Waals surface area contributed by atoms with Gasteiger partial charge in [0, 0.05) is 0 Å². The van der Waals surface area contributed by atoms with E-state index in [1.807, 2.05) is 48.5 Å². The molecule has 6 nitrogen and oxygen atoms in total. The molecule has 0 aliphatic rings. The van der Waals surface area contributed by atoms with Crippen LogP contribution < -0.4 is 43.4 Å². The Kier molecular flexibility index (Phi) is 12.4. The summed E-state index contributed by atoms with van der Waals surface area (Å²) >= 11 is 0. The van der Waals surface area contributed by atoms with Crippen molar-refractivity contribution >= 4 is 11.4 Å². The smallest absolute Gasteiger partial charge is 0.137 e. The van der Waals surface area contributed by atoms with Crippen molar-refractivity contribution in [3.05, 3.63) is 48.5 Å². The van der Waals surface area contributed by atoms with E-state index in [0.29, 0.717) is 13.2 Å². The van der Waals surface area contributed by atoms with Gasteiger partial charge >= 0.3 is 0 Å². The minimum absolute atomic E-state index is 0. The van der Waals surface area contributed by atoms with Gasteiger partial charge in [0.15, 0.2) is 0 Å². The molecule has 0 unspecified atom stereocenters. The fourth-order valence-corrected chi connectivity index (χ4v) is 2.21. The molecular weight excluding hydrogens is 512 g/mol. The summed E-state index contributed by atoms with van der Waals surface area (Å²) in [6.45, 7) is 3.29. The highest BCUT2D eigenvalue weighted by Gasteiger charge is 2.07. The van der Waals surface area contributed by atoms with Crippen LogP contribution in [0.4, 0.5) is 11.4 Å². The third-order valence-electron chi connectivity index (χ3n) is 4.02. The van der Waals surface area contributed by atoms with Gasteiger partial charge in [0.1, 0.15) is 37.8 Å². The Labute approximate surface area is 202 Å². The number of azo groups is 1. The van der Waals surface area contributed by atoms with E-state index in [2.05, 4.69) is 52.5 Å². The summed E-state index contributed by atoms with van der Waals surface area (Å²) in [5.41, 5.74) is 1.59. The van der Waals surface area contributed by atoms with Gasteiger partial charge in [0.05, 0.1) is 53.7 Å². The number of quaternary nitrogens is 2. The second-order valence-electron chi connectivity index (χ2n) is 8.91. The number of hydrogen-bond acceptors (Lipinski definition) is 4. The summed E-state index contributed by atoms with van der Waals surface area (Å²) in [5, 5.41) is 8.57. The predicted octanol–water partition coefficient (Wildman–Crippen LogP) is -1.72. The van der Waals surface area contributed by atoms with Crippen LogP contribution in [-0.2, 0) is 0 Å². The highest BCUT2D eigenvalue weighted by molar-refractivity contribution is 5.44. The topological polar surface area (TPSA) is 43.2 Å². The SMILES string of the molecule is C[N+](C)(C)CCOc1ccc(N=Nc2ccc(OCC[N+](C)(C)C)cc2)cc1.[Br-].[Br-]. The second kappa shape index (κ2) is 13.0. The first-order valence-corrected chi connectivity index (χ1v) is 9.59. The Balaban J connectivity index is 0.00000420. The lowest BCUT2D eigenvalue weighted by Crippen LogP contribution is -3.00. The van der Waals surface area contributed by atoms with Crippen LogP contribution in [0.25, 0.3) is 0 Å². The Morgan fingerprint density at radius 3 is 1.13 bits per heavy atom. The molecule has 2 rings (SSSR count). The molecule has 0 fully saturated rings. The lowest BCUT2D eigenvalue weighted by molar-refractivity contribution is -0.870. The number of halogens is 2. The van der Waals surface area contributed by atoms with Gasteiger partial charge < -0.3 is 52.4 Å². The Hall–Kier alpha value is -1.48. The van der Waals surface area contributed by atoms with E-state index in [1.165, 1.54) is 0 Å². The van der Waals surface area contributed by atoms with E-state index < -0.39 is 0 Å². The van der Waals surface area contributed by atoms with Gasteiger partial charge in [-0.25, -0.2) is 0 Å². The fourth-order valence-electron chi connectivity index (χ4n) is 2.21. The van der Waals surface area contributed by atoms with Crippen molar-refractivity contribution in [1.29, 1.82) is 0 Å². The van der Waals surface area contributed by atoms with E-state index in [9.17, 15) is 0 Å². The van der Waals surface area contributed by atoms with Crippen LogP contribution >= 0.6 is 0 Å². The summed E-state index contributed by atoms with van der Waals surface area (Å²) in [6.07, 6.45) is 0. The summed E-state index contributed by atoms with van der Waals surface area (Å²) in [4.78, 5) is 0. The van der Waals surface area contributed by atoms with Gasteiger partial charge in [0.25, 0.3) is 0 Å². The van der Waals surface area contributed by atoms with E-state index in [0.717, 1.165) is 44.9 Å². The third kappa shape index (κ3) is 12.3. The van der Waals surface area contributed by atoms with Crippen molar-refractivity contribution in [3.63, 3.8) is 0 Å². The molecule has 0 N–H and O–H groups in total. The van der Waals surface area contributed by atoms with Crippen LogP contribution in [0.5, 0.6) is 11.5 Å². The van der Waals surface area contributed by atoms with Crippen LogP contribution in [0.2, 0.25) is 0 Å². The van der Waals surface area contributed by atoms with Gasteiger partial charge in [0.2, 0.25) is 0 Å². The molecule has 0 heterocycles. The minimum Gasteiger partial charge on any atom is -1.00 e. The minimum atomic E-state index is 0. The zero-order valence-electron chi connectivity index (χ0n) is 18.8. The van der Waals surface area contributed by atoms with Crippen molar-refractivity contribution in [2.75, 3.05) is 68.6 Å². The zero-order valence-corrected chi connectivity index (χ0v) is 22.0. The van der Waals surface area contributed by atoms with Gasteiger partial charge in [-0.15, -0.1) is 0 Å². The number of likely N-dealkylation sites (N-methyl/N-ethyl adjacent to an activating group) is 2. The molecule has 0 aliphatic carbocycles. The number of benzene rings is 2. The summed E-state index contributed by atoms with van der Waals surface area (Å²) in [7, 11) is 12.9. The summed E-state index contributed by atoms with van der Waals surface area (Å²) < 4.78 is 13.3. The monoisotopic (exact) mass is 544 g/mol. The van der Waals surface area contributed by atoms with Crippen molar-refractivity contribution in [2.24, 2.45) is 10.2 Å². The number of rotatable bonds is 10. The molecule has 30 heavy (non-hydrogen) atoms. The highest BCUT2D eigenvalue weighted by atomic mass is 79.9. The molecule has 0 amide bonds. The average molecular weight is 546 g/mol. The quantitative estimate of drug-likeness (QED) is 0.263. The van der Waals surface area contributed by atoms with Crippen molar-refractivity contribution < 1.29 is 52.4 Å². The maximum absolute atomic E-state index is 5.76. The standard InChI is InChI=1S/C22H34N4O2.2BrH/c1-25(2,3)15-17-27-21-11-7-19(8-12-21)23-24-20-9-13-22(14-10-20)28-18-16-26(4,5)6;;/h7-14H,15-18H2,1-6H3;2*1H/q+2;;/p-2. The van der Waals surface area contributed by atoms with Crippen molar-refractivity contribution in [3.8, 4) is 11.5 Å². The van der Waals surface area contributed by atoms with Gasteiger partial charge in [-0.2, -0.15) is 10.2 Å². The number of nitrogens with zero attached hydrogens (tertiary/aromatic N) is 4. The molecule has 2 aromatic rings. The zero-order chi connectivity index (χ0) is 20.6. The molecule has 0 bridgehead atoms. The molecule has 168 valence electrons. The molecule has 8 heteroatoms. The molecule has 0 spiro atoms. The molecule has 0 atom stereocenters. The number of ether oxygens (including phenoxy) is 2. The molecule has 0 aliphatic heterocycles. The van der Waals surface area contributed by atoms with Crippen molar-refractivity contribution in [1.82, 2.24) is 0 Å². The highest BCUT2D eigenvalue weighted by Crippen LogP contribution is 2.23. The van der Waals surface area contributed by atoms with Crippen LogP contribution in [0.15, 0.2) is 58.8 Å². The largest absolute Gasteiger partial charge is 1.00 e. The van der Waals surface area contributed by atoms with E-state index in [1.54, 1.807) is 0 Å². The maximum Gasteiger partial charge on any atom is 0.137 e. The summed E-state index contributed by atoms with van der Waals surface area (Å²) in [6, 6.07) is 15.3. The van der Waals surface area contributed by atoms with Crippen molar-refractivity contribution in [2.45, 2.75) is 0 Å². The molecule has 0 saturated heterocycles. The summed E-state index contributed by atoms with van der Waals surface area (Å²) in [5.74, 6) is 1.70. The van der Waals surface area contributed by atoms with E-state index in [-0.39, 0.29) is 34.0 Å². The molecule has 0 radical (unpaired) electrons. The molecular formula is C22H34Br2N4O2. The maximum atomic E-state index is 5.76. The predicted molar refractivity (Wildman–Crippen MR) is 114 cm³/mol. The first-order chi connectivity index (χ1) is 13.1. The molecule has 0 aromatic heterocycles. The Morgan fingerprint density at radius 1 is 0.567 bits per heavy atom.